The fraction of sp³-hybridized carbons (Fsp3) is 0.438. The van der Waals surface area contributed by atoms with Gasteiger partial charge in [0.15, 0.2) is 0 Å². The second-order valence-corrected chi connectivity index (χ2v) is 12.5. The van der Waals surface area contributed by atoms with E-state index in [0.717, 1.165) is 12.3 Å². The highest BCUT2D eigenvalue weighted by molar-refractivity contribution is 7.85. The fourth-order valence-corrected chi connectivity index (χ4v) is 6.22. The second kappa shape index (κ2) is 13.1. The average Bonchev–Trinajstić information content (AvgIpc) is 2.93. The van der Waals surface area contributed by atoms with Gasteiger partial charge in [-0.15, -0.1) is 0 Å². The number of hydrogen-bond donors (Lipinski definition) is 2. The highest BCUT2D eigenvalue weighted by Gasteiger charge is 2.46. The second-order valence-electron chi connectivity index (χ2n) is 11.0. The summed E-state index contributed by atoms with van der Waals surface area (Å²) in [7, 11) is -1.88. The summed E-state index contributed by atoms with van der Waals surface area (Å²) in [6.45, 7) is 7.76. The standard InChI is InChI=1S/C31H38N2O.CH4O3S/c1-22(2)26-14-15-28(34-3)27(20-26)21-32-30-25-16-18-33(19-17-25)31(30)29(23-10-6-4-7-11-23)24-12-8-5-9-13-24;1-5(2,3)4/h4-15,20,22,25,29-32H,16-19,21H2,1-3H3;1H3,(H,2,3,4)/t30-,31-;/m0./s1. The molecule has 0 amide bonds. The first-order chi connectivity index (χ1) is 18.7. The van der Waals surface area contributed by atoms with Gasteiger partial charge in [0.2, 0.25) is 0 Å². The Morgan fingerprint density at radius 1 is 0.923 bits per heavy atom. The molecule has 3 aliphatic rings. The van der Waals surface area contributed by atoms with Gasteiger partial charge in [-0.25, -0.2) is 0 Å². The smallest absolute Gasteiger partial charge is 0.261 e. The van der Waals surface area contributed by atoms with Crippen LogP contribution in [0, 0.1) is 5.92 Å². The lowest BCUT2D eigenvalue weighted by Gasteiger charge is -2.54. The van der Waals surface area contributed by atoms with Crippen molar-refractivity contribution < 1.29 is 17.7 Å². The Morgan fingerprint density at radius 2 is 1.46 bits per heavy atom. The van der Waals surface area contributed by atoms with Crippen LogP contribution < -0.4 is 10.1 Å². The summed E-state index contributed by atoms with van der Waals surface area (Å²) in [6, 6.07) is 29.8. The first-order valence-electron chi connectivity index (χ1n) is 13.8. The largest absolute Gasteiger partial charge is 0.496 e. The van der Waals surface area contributed by atoms with Gasteiger partial charge in [-0.1, -0.05) is 86.6 Å². The van der Waals surface area contributed by atoms with Gasteiger partial charge in [-0.3, -0.25) is 9.45 Å². The number of nitrogens with one attached hydrogen (secondary N) is 1. The van der Waals surface area contributed by atoms with Crippen molar-refractivity contribution in [2.75, 3.05) is 26.5 Å². The summed E-state index contributed by atoms with van der Waals surface area (Å²) in [5.41, 5.74) is 5.46. The summed E-state index contributed by atoms with van der Waals surface area (Å²) in [6.07, 6.45) is 3.29. The highest BCUT2D eigenvalue weighted by atomic mass is 32.2. The predicted molar refractivity (Wildman–Crippen MR) is 158 cm³/mol. The molecule has 2 atom stereocenters. The van der Waals surface area contributed by atoms with Crippen molar-refractivity contribution >= 4 is 10.1 Å². The first kappa shape index (κ1) is 29.3. The molecule has 3 heterocycles. The first-order valence-corrected chi connectivity index (χ1v) is 15.7. The summed E-state index contributed by atoms with van der Waals surface area (Å²) < 4.78 is 31.6. The molecule has 0 radical (unpaired) electrons. The molecular formula is C32H42N2O4S. The van der Waals surface area contributed by atoms with Crippen molar-refractivity contribution in [3.8, 4) is 5.75 Å². The quantitative estimate of drug-likeness (QED) is 0.350. The molecule has 0 spiro atoms. The molecule has 0 aliphatic carbocycles. The topological polar surface area (TPSA) is 78.9 Å². The van der Waals surface area contributed by atoms with Crippen LogP contribution in [-0.2, 0) is 16.7 Å². The lowest BCUT2D eigenvalue weighted by molar-refractivity contribution is 0.00462. The van der Waals surface area contributed by atoms with Gasteiger partial charge in [0.25, 0.3) is 10.1 Å². The molecule has 2 bridgehead atoms. The molecule has 0 aromatic heterocycles. The van der Waals surface area contributed by atoms with Crippen molar-refractivity contribution in [1.29, 1.82) is 0 Å². The van der Waals surface area contributed by atoms with Crippen LogP contribution in [0.3, 0.4) is 0 Å². The molecule has 6 rings (SSSR count). The number of ether oxygens (including phenoxy) is 1. The minimum absolute atomic E-state index is 0.354. The van der Waals surface area contributed by atoms with E-state index in [1.807, 2.05) is 0 Å². The minimum atomic E-state index is -3.67. The molecular weight excluding hydrogens is 508 g/mol. The number of hydrogen-bond acceptors (Lipinski definition) is 5. The molecule has 3 aromatic rings. The summed E-state index contributed by atoms with van der Waals surface area (Å²) >= 11 is 0. The van der Waals surface area contributed by atoms with Crippen LogP contribution >= 0.6 is 0 Å². The third-order valence-electron chi connectivity index (χ3n) is 8.03. The third kappa shape index (κ3) is 7.70. The van der Waals surface area contributed by atoms with Crippen LogP contribution in [0.1, 0.15) is 60.8 Å². The van der Waals surface area contributed by atoms with Crippen molar-refractivity contribution in [1.82, 2.24) is 10.2 Å². The van der Waals surface area contributed by atoms with Crippen molar-refractivity contribution in [2.24, 2.45) is 5.92 Å². The molecule has 3 fully saturated rings. The van der Waals surface area contributed by atoms with Crippen LogP contribution in [-0.4, -0.2) is 56.4 Å². The molecule has 0 unspecified atom stereocenters. The maximum absolute atomic E-state index is 9.19. The van der Waals surface area contributed by atoms with Crippen molar-refractivity contribution in [3.63, 3.8) is 0 Å². The average molecular weight is 551 g/mol. The Balaban J connectivity index is 0.000000648. The molecule has 3 aromatic carbocycles. The maximum Gasteiger partial charge on any atom is 0.261 e. The Morgan fingerprint density at radius 3 is 1.95 bits per heavy atom. The summed E-state index contributed by atoms with van der Waals surface area (Å²) in [5.74, 6) is 2.56. The van der Waals surface area contributed by atoms with E-state index in [9.17, 15) is 8.42 Å². The zero-order valence-corrected chi connectivity index (χ0v) is 24.3. The van der Waals surface area contributed by atoms with E-state index in [-0.39, 0.29) is 0 Å². The maximum atomic E-state index is 9.19. The van der Waals surface area contributed by atoms with Crippen LogP contribution in [0.25, 0.3) is 0 Å². The number of nitrogens with zero attached hydrogens (tertiary/aromatic N) is 1. The van der Waals surface area contributed by atoms with Crippen LogP contribution in [0.15, 0.2) is 78.9 Å². The summed E-state index contributed by atoms with van der Waals surface area (Å²) in [5, 5.41) is 4.06. The van der Waals surface area contributed by atoms with Gasteiger partial charge >= 0.3 is 0 Å². The Bertz CT molecular complexity index is 1240. The molecule has 3 saturated heterocycles. The molecule has 2 N–H and O–H groups in total. The molecule has 3 aliphatic heterocycles. The molecule has 7 heteroatoms. The lowest BCUT2D eigenvalue weighted by Crippen LogP contribution is -2.64. The number of rotatable bonds is 8. The Kier molecular flexibility index (Phi) is 9.83. The summed E-state index contributed by atoms with van der Waals surface area (Å²) in [4.78, 5) is 2.75. The van der Waals surface area contributed by atoms with Gasteiger partial charge in [-0.05, 0) is 60.5 Å². The van der Waals surface area contributed by atoms with Gasteiger partial charge in [0.05, 0.1) is 13.4 Å². The number of benzene rings is 3. The molecule has 0 saturated carbocycles. The van der Waals surface area contributed by atoms with E-state index in [4.69, 9.17) is 9.29 Å². The van der Waals surface area contributed by atoms with Crippen molar-refractivity contribution in [2.45, 2.75) is 57.2 Å². The zero-order chi connectivity index (χ0) is 28.0. The number of fused-ring (bicyclic) bond motifs is 3. The van der Waals surface area contributed by atoms with E-state index in [1.165, 1.54) is 48.2 Å². The van der Waals surface area contributed by atoms with Gasteiger partial charge in [0.1, 0.15) is 5.75 Å². The lowest BCUT2D eigenvalue weighted by atomic mass is 9.70. The van der Waals surface area contributed by atoms with E-state index >= 15 is 0 Å². The zero-order valence-electron chi connectivity index (χ0n) is 23.5. The van der Waals surface area contributed by atoms with Crippen LogP contribution in [0.5, 0.6) is 5.75 Å². The number of piperidine rings is 3. The van der Waals surface area contributed by atoms with E-state index in [2.05, 4.69) is 103 Å². The molecule has 6 nitrogen and oxygen atoms in total. The van der Waals surface area contributed by atoms with E-state index < -0.39 is 10.1 Å². The van der Waals surface area contributed by atoms with E-state index in [0.29, 0.717) is 36.1 Å². The highest BCUT2D eigenvalue weighted by Crippen LogP contribution is 2.42. The fourth-order valence-electron chi connectivity index (χ4n) is 6.22. The third-order valence-corrected chi connectivity index (χ3v) is 8.03. The van der Waals surface area contributed by atoms with Crippen LogP contribution in [0.4, 0.5) is 0 Å². The molecule has 39 heavy (non-hydrogen) atoms. The van der Waals surface area contributed by atoms with Crippen molar-refractivity contribution in [3.05, 3.63) is 101 Å². The van der Waals surface area contributed by atoms with E-state index in [1.54, 1.807) is 7.11 Å². The van der Waals surface area contributed by atoms with Crippen LogP contribution in [0.2, 0.25) is 0 Å². The van der Waals surface area contributed by atoms with Gasteiger partial charge < -0.3 is 10.1 Å². The van der Waals surface area contributed by atoms with Gasteiger partial charge in [0, 0.05) is 30.1 Å². The molecule has 210 valence electrons. The Labute approximate surface area is 234 Å². The minimum Gasteiger partial charge on any atom is -0.496 e. The Hall–Kier alpha value is -2.71. The monoisotopic (exact) mass is 550 g/mol. The SMILES string of the molecule is COc1ccc(C(C)C)cc1CN[C@H]1C2CCN(CC2)[C@H]1C(c1ccccc1)c1ccccc1.CS(=O)(=O)O. The normalized spacial score (nSPS) is 22.4. The number of methoxy groups -OCH3 is 1. The predicted octanol–water partition coefficient (Wildman–Crippen LogP) is 5.71. The van der Waals surface area contributed by atoms with Gasteiger partial charge in [-0.2, -0.15) is 8.42 Å².